The Morgan fingerprint density at radius 1 is 1.27 bits per heavy atom. The molecule has 116 valence electrons. The van der Waals surface area contributed by atoms with Crippen LogP contribution in [-0.4, -0.2) is 45.8 Å². The highest BCUT2D eigenvalue weighted by Crippen LogP contribution is 2.18. The number of anilines is 1. The third-order valence-electron chi connectivity index (χ3n) is 3.13. The van der Waals surface area contributed by atoms with E-state index in [4.69, 9.17) is 12.2 Å². The smallest absolute Gasteiger partial charge is 0.253 e. The largest absolute Gasteiger partial charge is 0.326 e. The first-order chi connectivity index (χ1) is 10.4. The highest BCUT2D eigenvalue weighted by atomic mass is 32.1. The van der Waals surface area contributed by atoms with E-state index in [-0.39, 0.29) is 29.3 Å². The van der Waals surface area contributed by atoms with E-state index in [1.807, 2.05) is 6.07 Å². The van der Waals surface area contributed by atoms with Gasteiger partial charge in [-0.3, -0.25) is 24.7 Å². The fraction of sp³-hybridized carbons (Fsp3) is 0.286. The first-order valence-corrected chi connectivity index (χ1v) is 7.04. The average Bonchev–Trinajstić information content (AvgIpc) is 2.66. The fourth-order valence-electron chi connectivity index (χ4n) is 2.11. The van der Waals surface area contributed by atoms with Gasteiger partial charge >= 0.3 is 0 Å². The van der Waals surface area contributed by atoms with Gasteiger partial charge in [0.25, 0.3) is 5.91 Å². The van der Waals surface area contributed by atoms with E-state index in [9.17, 15) is 14.4 Å². The van der Waals surface area contributed by atoms with Crippen molar-refractivity contribution in [2.75, 3.05) is 12.4 Å². The van der Waals surface area contributed by atoms with Gasteiger partial charge in [0.15, 0.2) is 5.11 Å². The van der Waals surface area contributed by atoms with Gasteiger partial charge in [-0.1, -0.05) is 18.2 Å². The van der Waals surface area contributed by atoms with Crippen molar-refractivity contribution in [2.45, 2.75) is 19.4 Å². The zero-order valence-electron chi connectivity index (χ0n) is 12.2. The summed E-state index contributed by atoms with van der Waals surface area (Å²) >= 11 is 5.10. The number of thiocarbonyl (C=S) groups is 1. The molecule has 0 radical (unpaired) electrons. The molecule has 7 nitrogen and oxygen atoms in total. The highest BCUT2D eigenvalue weighted by Gasteiger charge is 2.42. The summed E-state index contributed by atoms with van der Waals surface area (Å²) in [4.78, 5) is 36.7. The van der Waals surface area contributed by atoms with E-state index >= 15 is 0 Å². The van der Waals surface area contributed by atoms with Crippen LogP contribution in [0, 0.1) is 0 Å². The number of carbonyl (C=O) groups excluding carboxylic acids is 3. The summed E-state index contributed by atoms with van der Waals surface area (Å²) in [6.45, 7) is 1.31. The number of amides is 3. The molecule has 0 bridgehead atoms. The van der Waals surface area contributed by atoms with Gasteiger partial charge in [0.05, 0.1) is 6.42 Å². The van der Waals surface area contributed by atoms with E-state index in [0.717, 1.165) is 0 Å². The predicted octanol–water partition coefficient (Wildman–Crippen LogP) is 0.494. The van der Waals surface area contributed by atoms with Crippen molar-refractivity contribution >= 4 is 40.7 Å². The lowest BCUT2D eigenvalue weighted by molar-refractivity contribution is -0.131. The first kappa shape index (κ1) is 15.9. The molecule has 2 rings (SSSR count). The standard InChI is InChI=1S/C14H16N4O3S/c1-9(19)16-18-11(13(21)17(2)14(18)22)8-12(20)15-10-6-4-3-5-7-10/h3-7,11H,8H2,1-2H3,(H,15,20)(H,16,19). The Hall–Kier alpha value is -2.48. The van der Waals surface area contributed by atoms with E-state index in [1.165, 1.54) is 23.9 Å². The lowest BCUT2D eigenvalue weighted by Gasteiger charge is -2.23. The quantitative estimate of drug-likeness (QED) is 0.789. The Kier molecular flexibility index (Phi) is 4.71. The third kappa shape index (κ3) is 3.40. The molecule has 22 heavy (non-hydrogen) atoms. The molecule has 1 aromatic carbocycles. The molecule has 0 aromatic heterocycles. The molecular weight excluding hydrogens is 304 g/mol. The second kappa shape index (κ2) is 6.52. The number of hydrogen-bond donors (Lipinski definition) is 2. The molecule has 0 aliphatic carbocycles. The molecule has 1 aliphatic rings. The van der Waals surface area contributed by atoms with Crippen LogP contribution in [0.5, 0.6) is 0 Å². The second-order valence-electron chi connectivity index (χ2n) is 4.85. The SMILES string of the molecule is CC(=O)NN1C(=S)N(C)C(=O)C1CC(=O)Nc1ccccc1. The topological polar surface area (TPSA) is 81.8 Å². The van der Waals surface area contributed by atoms with Gasteiger partial charge in [0.2, 0.25) is 11.8 Å². The highest BCUT2D eigenvalue weighted by molar-refractivity contribution is 7.80. The summed E-state index contributed by atoms with van der Waals surface area (Å²) < 4.78 is 0. The summed E-state index contributed by atoms with van der Waals surface area (Å²) in [5.41, 5.74) is 3.12. The Labute approximate surface area is 133 Å². The van der Waals surface area contributed by atoms with Gasteiger partial charge in [-0.05, 0) is 24.4 Å². The van der Waals surface area contributed by atoms with E-state index in [1.54, 1.807) is 24.3 Å². The first-order valence-electron chi connectivity index (χ1n) is 6.63. The number of nitrogens with one attached hydrogen (secondary N) is 2. The van der Waals surface area contributed by atoms with Gasteiger partial charge in [0, 0.05) is 19.7 Å². The molecule has 0 spiro atoms. The molecule has 1 aliphatic heterocycles. The number of para-hydroxylation sites is 1. The second-order valence-corrected chi connectivity index (χ2v) is 5.22. The van der Waals surface area contributed by atoms with E-state index in [2.05, 4.69) is 10.7 Å². The summed E-state index contributed by atoms with van der Waals surface area (Å²) in [7, 11) is 1.51. The number of benzene rings is 1. The van der Waals surface area contributed by atoms with Crippen molar-refractivity contribution in [2.24, 2.45) is 0 Å². The molecule has 1 saturated heterocycles. The van der Waals surface area contributed by atoms with Gasteiger partial charge < -0.3 is 5.32 Å². The van der Waals surface area contributed by atoms with Crippen LogP contribution >= 0.6 is 12.2 Å². The van der Waals surface area contributed by atoms with Crippen LogP contribution in [0.25, 0.3) is 0 Å². The van der Waals surface area contributed by atoms with Crippen LogP contribution < -0.4 is 10.7 Å². The maximum atomic E-state index is 12.2. The lowest BCUT2D eigenvalue weighted by Crippen LogP contribution is -2.48. The average molecular weight is 320 g/mol. The molecule has 2 N–H and O–H groups in total. The monoisotopic (exact) mass is 320 g/mol. The number of nitrogens with zero attached hydrogens (tertiary/aromatic N) is 2. The minimum Gasteiger partial charge on any atom is -0.326 e. The summed E-state index contributed by atoms with van der Waals surface area (Å²) in [5.74, 6) is -1.03. The molecule has 8 heteroatoms. The number of carbonyl (C=O) groups is 3. The van der Waals surface area contributed by atoms with Crippen molar-refractivity contribution in [3.05, 3.63) is 30.3 Å². The predicted molar refractivity (Wildman–Crippen MR) is 84.5 cm³/mol. The van der Waals surface area contributed by atoms with Crippen LogP contribution in [0.4, 0.5) is 5.69 Å². The zero-order valence-corrected chi connectivity index (χ0v) is 13.0. The molecular formula is C14H16N4O3S. The molecule has 1 heterocycles. The summed E-state index contributed by atoms with van der Waals surface area (Å²) in [5, 5.41) is 4.12. The Morgan fingerprint density at radius 2 is 1.91 bits per heavy atom. The van der Waals surface area contributed by atoms with Crippen LogP contribution in [0.1, 0.15) is 13.3 Å². The van der Waals surface area contributed by atoms with Crippen LogP contribution in [0.3, 0.4) is 0 Å². The number of hydrogen-bond acceptors (Lipinski definition) is 4. The maximum absolute atomic E-state index is 12.2. The molecule has 1 aromatic rings. The van der Waals surface area contributed by atoms with Crippen LogP contribution in [0.15, 0.2) is 30.3 Å². The van der Waals surface area contributed by atoms with E-state index in [0.29, 0.717) is 5.69 Å². The minimum absolute atomic E-state index is 0.113. The van der Waals surface area contributed by atoms with Crippen molar-refractivity contribution in [1.82, 2.24) is 15.3 Å². The zero-order chi connectivity index (χ0) is 16.3. The van der Waals surface area contributed by atoms with Crippen molar-refractivity contribution in [3.8, 4) is 0 Å². The van der Waals surface area contributed by atoms with Gasteiger partial charge in [-0.15, -0.1) is 0 Å². The number of likely N-dealkylation sites (N-methyl/N-ethyl adjacent to an activating group) is 1. The Bertz CT molecular complexity index is 620. The fourth-order valence-corrected chi connectivity index (χ4v) is 2.37. The van der Waals surface area contributed by atoms with Crippen LogP contribution in [0.2, 0.25) is 0 Å². The van der Waals surface area contributed by atoms with Crippen molar-refractivity contribution in [3.63, 3.8) is 0 Å². The molecule has 3 amide bonds. The molecule has 1 atom stereocenters. The van der Waals surface area contributed by atoms with Gasteiger partial charge in [-0.2, -0.15) is 0 Å². The minimum atomic E-state index is -0.842. The maximum Gasteiger partial charge on any atom is 0.253 e. The number of hydrazine groups is 1. The molecule has 0 saturated carbocycles. The van der Waals surface area contributed by atoms with Gasteiger partial charge in [-0.25, -0.2) is 5.01 Å². The van der Waals surface area contributed by atoms with Gasteiger partial charge in [0.1, 0.15) is 6.04 Å². The van der Waals surface area contributed by atoms with Crippen molar-refractivity contribution < 1.29 is 14.4 Å². The van der Waals surface area contributed by atoms with Crippen LogP contribution in [-0.2, 0) is 14.4 Å². The third-order valence-corrected chi connectivity index (χ3v) is 3.61. The normalized spacial score (nSPS) is 17.6. The molecule has 1 unspecified atom stereocenters. The Morgan fingerprint density at radius 3 is 2.50 bits per heavy atom. The Balaban J connectivity index is 2.08. The summed E-state index contributed by atoms with van der Waals surface area (Å²) in [6.07, 6.45) is -0.113. The molecule has 1 fully saturated rings. The number of rotatable bonds is 4. The summed E-state index contributed by atoms with van der Waals surface area (Å²) in [6, 6.07) is 8.08. The van der Waals surface area contributed by atoms with Crippen molar-refractivity contribution in [1.29, 1.82) is 0 Å². The van der Waals surface area contributed by atoms with E-state index < -0.39 is 6.04 Å². The lowest BCUT2D eigenvalue weighted by atomic mass is 10.2.